The van der Waals surface area contributed by atoms with E-state index in [0.717, 1.165) is 18.2 Å². The van der Waals surface area contributed by atoms with Crippen LogP contribution in [0.1, 0.15) is 11.1 Å². The van der Waals surface area contributed by atoms with Crippen LogP contribution in [0.3, 0.4) is 0 Å². The van der Waals surface area contributed by atoms with E-state index in [2.05, 4.69) is 25.6 Å². The summed E-state index contributed by atoms with van der Waals surface area (Å²) in [5.41, 5.74) is 0.986. The maximum Gasteiger partial charge on any atom is 0.418 e. The summed E-state index contributed by atoms with van der Waals surface area (Å²) in [6.07, 6.45) is -2.82. The highest BCUT2D eigenvalue weighted by Gasteiger charge is 2.35. The average molecular weight is 393 g/mol. The monoisotopic (exact) mass is 393 g/mol. The Morgan fingerprint density at radius 1 is 1.29 bits per heavy atom. The van der Waals surface area contributed by atoms with Crippen LogP contribution in [0.5, 0.6) is 5.75 Å². The van der Waals surface area contributed by atoms with Crippen molar-refractivity contribution < 1.29 is 22.6 Å². The molecule has 3 N–H and O–H groups in total. The van der Waals surface area contributed by atoms with Gasteiger partial charge in [-0.2, -0.15) is 23.1 Å². The molecule has 28 heavy (non-hydrogen) atoms. The Morgan fingerprint density at radius 3 is 2.93 bits per heavy atom. The van der Waals surface area contributed by atoms with Gasteiger partial charge in [-0.3, -0.25) is 0 Å². The summed E-state index contributed by atoms with van der Waals surface area (Å²) in [5, 5.41) is 5.85. The van der Waals surface area contributed by atoms with Crippen molar-refractivity contribution in [1.82, 2.24) is 15.0 Å². The molecule has 0 saturated carbocycles. The van der Waals surface area contributed by atoms with Gasteiger partial charge < -0.3 is 25.1 Å². The topological polar surface area (TPSA) is 84.1 Å². The Hall–Kier alpha value is -3.01. The van der Waals surface area contributed by atoms with Gasteiger partial charge in [-0.25, -0.2) is 0 Å². The number of fused-ring (bicyclic) bond motifs is 2. The van der Waals surface area contributed by atoms with E-state index in [0.29, 0.717) is 31.2 Å². The minimum atomic E-state index is -4.53. The molecule has 0 fully saturated rings. The standard InChI is InChI=1S/C18H18F3N5O2/c1-27-8-6-22-15-13-11(18(19,20)21)9-23-16(13)26-17(25-15)24-12-4-2-3-10-5-7-28-14(10)12/h2-4,9H,5-8H2,1H3,(H3,22,23,24,25,26). The van der Waals surface area contributed by atoms with E-state index < -0.39 is 11.7 Å². The fourth-order valence-corrected chi connectivity index (χ4v) is 3.15. The lowest BCUT2D eigenvalue weighted by atomic mass is 10.1. The van der Waals surface area contributed by atoms with E-state index in [1.807, 2.05) is 18.2 Å². The molecule has 0 spiro atoms. The van der Waals surface area contributed by atoms with Crippen LogP contribution in [0.15, 0.2) is 24.4 Å². The molecule has 10 heteroatoms. The first-order valence-corrected chi connectivity index (χ1v) is 8.68. The number of H-pyrrole nitrogens is 1. The molecule has 148 valence electrons. The number of methoxy groups -OCH3 is 1. The van der Waals surface area contributed by atoms with Crippen molar-refractivity contribution in [2.24, 2.45) is 0 Å². The highest BCUT2D eigenvalue weighted by Crippen LogP contribution is 2.39. The number of anilines is 3. The Bertz CT molecular complexity index is 1000. The molecule has 0 amide bonds. The summed E-state index contributed by atoms with van der Waals surface area (Å²) in [6, 6.07) is 5.66. The number of aromatic amines is 1. The van der Waals surface area contributed by atoms with Crippen LogP contribution in [-0.4, -0.2) is 41.8 Å². The van der Waals surface area contributed by atoms with Gasteiger partial charge in [-0.15, -0.1) is 0 Å². The number of ether oxygens (including phenoxy) is 2. The third kappa shape index (κ3) is 3.42. The molecular formula is C18H18F3N5O2. The number of aromatic nitrogens is 3. The Morgan fingerprint density at radius 2 is 2.14 bits per heavy atom. The van der Waals surface area contributed by atoms with Crippen LogP contribution in [0, 0.1) is 0 Å². The first kappa shape index (κ1) is 18.4. The summed E-state index contributed by atoms with van der Waals surface area (Å²) in [4.78, 5) is 11.1. The second-order valence-corrected chi connectivity index (χ2v) is 6.26. The van der Waals surface area contributed by atoms with Crippen LogP contribution in [-0.2, 0) is 17.3 Å². The lowest BCUT2D eigenvalue weighted by Crippen LogP contribution is -2.12. The number of rotatable bonds is 6. The van der Waals surface area contributed by atoms with E-state index in [1.54, 1.807) is 0 Å². The molecule has 0 saturated heterocycles. The van der Waals surface area contributed by atoms with Gasteiger partial charge in [0.2, 0.25) is 5.95 Å². The molecule has 2 aromatic heterocycles. The Kier molecular flexibility index (Phi) is 4.71. The van der Waals surface area contributed by atoms with Crippen molar-refractivity contribution in [3.8, 4) is 5.75 Å². The number of halogens is 3. The zero-order valence-corrected chi connectivity index (χ0v) is 15.0. The van der Waals surface area contributed by atoms with Crippen molar-refractivity contribution >= 4 is 28.5 Å². The molecule has 0 bridgehead atoms. The number of alkyl halides is 3. The largest absolute Gasteiger partial charge is 0.491 e. The maximum atomic E-state index is 13.4. The molecule has 4 rings (SSSR count). The van der Waals surface area contributed by atoms with Gasteiger partial charge in [0.1, 0.15) is 17.2 Å². The summed E-state index contributed by atoms with van der Waals surface area (Å²) in [5.74, 6) is 0.945. The van der Waals surface area contributed by atoms with Crippen molar-refractivity contribution in [2.45, 2.75) is 12.6 Å². The lowest BCUT2D eigenvalue weighted by molar-refractivity contribution is -0.136. The number of benzene rings is 1. The van der Waals surface area contributed by atoms with Gasteiger partial charge in [0.25, 0.3) is 0 Å². The molecular weight excluding hydrogens is 375 g/mol. The average Bonchev–Trinajstić information content (AvgIpc) is 3.28. The first-order chi connectivity index (χ1) is 13.5. The van der Waals surface area contributed by atoms with Crippen LogP contribution in [0.4, 0.5) is 30.6 Å². The molecule has 0 atom stereocenters. The number of para-hydroxylation sites is 1. The number of nitrogens with one attached hydrogen (secondary N) is 3. The normalized spacial score (nSPS) is 13.4. The Labute approximate surface area is 158 Å². The van der Waals surface area contributed by atoms with Gasteiger partial charge in [0.15, 0.2) is 0 Å². The molecule has 3 aromatic rings. The predicted molar refractivity (Wildman–Crippen MR) is 98.2 cm³/mol. The highest BCUT2D eigenvalue weighted by molar-refractivity contribution is 5.92. The van der Waals surface area contributed by atoms with E-state index in [4.69, 9.17) is 9.47 Å². The zero-order chi connectivity index (χ0) is 19.7. The minimum absolute atomic E-state index is 0.0756. The molecule has 1 aliphatic rings. The summed E-state index contributed by atoms with van der Waals surface area (Å²) in [6.45, 7) is 1.21. The highest BCUT2D eigenvalue weighted by atomic mass is 19.4. The van der Waals surface area contributed by atoms with Crippen molar-refractivity contribution in [3.63, 3.8) is 0 Å². The van der Waals surface area contributed by atoms with Gasteiger partial charge in [0, 0.05) is 26.3 Å². The fourth-order valence-electron chi connectivity index (χ4n) is 3.15. The molecule has 1 aliphatic heterocycles. The van der Waals surface area contributed by atoms with Gasteiger partial charge in [-0.1, -0.05) is 12.1 Å². The van der Waals surface area contributed by atoms with Gasteiger partial charge >= 0.3 is 6.18 Å². The van der Waals surface area contributed by atoms with Crippen molar-refractivity contribution in [2.75, 3.05) is 37.5 Å². The second kappa shape index (κ2) is 7.19. The van der Waals surface area contributed by atoms with Crippen LogP contribution in [0.25, 0.3) is 11.0 Å². The van der Waals surface area contributed by atoms with Crippen LogP contribution in [0.2, 0.25) is 0 Å². The summed E-state index contributed by atoms with van der Waals surface area (Å²) < 4.78 is 50.7. The molecule has 1 aromatic carbocycles. The smallest absolute Gasteiger partial charge is 0.418 e. The third-order valence-corrected chi connectivity index (χ3v) is 4.40. The Balaban J connectivity index is 1.75. The van der Waals surface area contributed by atoms with Crippen molar-refractivity contribution in [3.05, 3.63) is 35.5 Å². The molecule has 0 unspecified atom stereocenters. The maximum absolute atomic E-state index is 13.4. The first-order valence-electron chi connectivity index (χ1n) is 8.68. The van der Waals surface area contributed by atoms with Gasteiger partial charge in [0.05, 0.1) is 29.9 Å². The van der Waals surface area contributed by atoms with E-state index in [1.165, 1.54) is 7.11 Å². The fraction of sp³-hybridized carbons (Fsp3) is 0.333. The van der Waals surface area contributed by atoms with E-state index in [9.17, 15) is 13.2 Å². The lowest BCUT2D eigenvalue weighted by Gasteiger charge is -2.13. The zero-order valence-electron chi connectivity index (χ0n) is 15.0. The van der Waals surface area contributed by atoms with Gasteiger partial charge in [-0.05, 0) is 11.6 Å². The number of hydrogen-bond donors (Lipinski definition) is 3. The SMILES string of the molecule is COCCNc1nc(Nc2cccc3c2OCC3)nc2[nH]cc(C(F)(F)F)c12. The minimum Gasteiger partial charge on any atom is -0.491 e. The second-order valence-electron chi connectivity index (χ2n) is 6.26. The molecule has 0 aliphatic carbocycles. The van der Waals surface area contributed by atoms with E-state index >= 15 is 0 Å². The predicted octanol–water partition coefficient (Wildman–Crippen LogP) is 3.71. The summed E-state index contributed by atoms with van der Waals surface area (Å²) >= 11 is 0. The molecule has 0 radical (unpaired) electrons. The van der Waals surface area contributed by atoms with Crippen LogP contribution >= 0.6 is 0 Å². The number of hydrogen-bond acceptors (Lipinski definition) is 6. The van der Waals surface area contributed by atoms with Crippen molar-refractivity contribution in [1.29, 1.82) is 0 Å². The van der Waals surface area contributed by atoms with E-state index in [-0.39, 0.29) is 22.8 Å². The quantitative estimate of drug-likeness (QED) is 0.554. The third-order valence-electron chi connectivity index (χ3n) is 4.40. The van der Waals surface area contributed by atoms with Crippen LogP contribution < -0.4 is 15.4 Å². The number of nitrogens with zero attached hydrogens (tertiary/aromatic N) is 2. The molecule has 3 heterocycles. The summed E-state index contributed by atoms with van der Waals surface area (Å²) in [7, 11) is 1.51. The molecule has 7 nitrogen and oxygen atoms in total.